The van der Waals surface area contributed by atoms with Crippen molar-refractivity contribution in [3.63, 3.8) is 0 Å². The molecule has 1 saturated carbocycles. The number of carbonyl (C=O) groups excluding carboxylic acids is 3. The number of benzene rings is 2. The first-order valence-corrected chi connectivity index (χ1v) is 13.5. The summed E-state index contributed by atoms with van der Waals surface area (Å²) in [6, 6.07) is 13.8. The first kappa shape index (κ1) is 28.1. The van der Waals surface area contributed by atoms with E-state index in [1.165, 1.54) is 4.90 Å². The van der Waals surface area contributed by atoms with E-state index < -0.39 is 5.92 Å². The number of amides is 4. The summed E-state index contributed by atoms with van der Waals surface area (Å²) in [5.41, 5.74) is 2.13. The molecule has 4 unspecified atom stereocenters. The Balaban J connectivity index is 1.58. The number of nitrogens with zero attached hydrogens (tertiary/aromatic N) is 2. The highest BCUT2D eigenvalue weighted by Crippen LogP contribution is 2.38. The summed E-state index contributed by atoms with van der Waals surface area (Å²) in [5, 5.41) is 3.47. The van der Waals surface area contributed by atoms with Crippen molar-refractivity contribution in [1.29, 1.82) is 0 Å². The molecule has 1 N–H and O–H groups in total. The number of hydrogen-bond acceptors (Lipinski definition) is 5. The monoisotopic (exact) mass is 541 g/mol. The number of ether oxygens (including phenoxy) is 2. The molecule has 1 aliphatic carbocycles. The SMILES string of the molecule is CCCCNC(=O)c1ccc(CN2C(=O)C3CC(OC)C(OC)CC3N(Cc3ccccc3Cl)C2=O)cc1. The third-order valence-corrected chi connectivity index (χ3v) is 7.94. The zero-order valence-electron chi connectivity index (χ0n) is 22.2. The average molecular weight is 542 g/mol. The maximum absolute atomic E-state index is 13.8. The lowest BCUT2D eigenvalue weighted by atomic mass is 9.77. The van der Waals surface area contributed by atoms with Crippen molar-refractivity contribution in [3.05, 3.63) is 70.2 Å². The summed E-state index contributed by atoms with van der Waals surface area (Å²) in [7, 11) is 3.25. The Kier molecular flexibility index (Phi) is 9.41. The molecule has 0 radical (unpaired) electrons. The molecule has 1 heterocycles. The molecule has 2 fully saturated rings. The van der Waals surface area contributed by atoms with Crippen molar-refractivity contribution in [2.75, 3.05) is 20.8 Å². The van der Waals surface area contributed by atoms with Gasteiger partial charge in [0, 0.05) is 43.9 Å². The quantitative estimate of drug-likeness (QED) is 0.443. The number of fused-ring (bicyclic) bond motifs is 1. The molecule has 0 bridgehead atoms. The topological polar surface area (TPSA) is 88.2 Å². The minimum atomic E-state index is -0.421. The van der Waals surface area contributed by atoms with Gasteiger partial charge in [-0.05, 0) is 48.6 Å². The van der Waals surface area contributed by atoms with Gasteiger partial charge in [0.1, 0.15) is 0 Å². The smallest absolute Gasteiger partial charge is 0.327 e. The van der Waals surface area contributed by atoms with Crippen LogP contribution in [0.25, 0.3) is 0 Å². The number of hydrogen-bond donors (Lipinski definition) is 1. The fraction of sp³-hybridized carbons (Fsp3) is 0.483. The van der Waals surface area contributed by atoms with Gasteiger partial charge in [0.25, 0.3) is 5.91 Å². The molecular formula is C29H36ClN3O5. The van der Waals surface area contributed by atoms with Crippen LogP contribution in [0.5, 0.6) is 0 Å². The Labute approximate surface area is 229 Å². The number of carbonyl (C=O) groups is 3. The molecule has 0 aromatic heterocycles. The molecule has 0 spiro atoms. The van der Waals surface area contributed by atoms with Crippen LogP contribution in [0.15, 0.2) is 48.5 Å². The first-order chi connectivity index (χ1) is 18.4. The number of halogens is 1. The van der Waals surface area contributed by atoms with E-state index in [4.69, 9.17) is 21.1 Å². The zero-order chi connectivity index (χ0) is 27.2. The number of imide groups is 1. The van der Waals surface area contributed by atoms with Crippen molar-refractivity contribution in [3.8, 4) is 0 Å². The molecule has 38 heavy (non-hydrogen) atoms. The van der Waals surface area contributed by atoms with Gasteiger partial charge in [0.2, 0.25) is 5.91 Å². The minimum Gasteiger partial charge on any atom is -0.379 e. The van der Waals surface area contributed by atoms with Crippen LogP contribution in [0.2, 0.25) is 5.02 Å². The van der Waals surface area contributed by atoms with E-state index in [1.54, 1.807) is 49.5 Å². The molecule has 1 aliphatic heterocycles. The third kappa shape index (κ3) is 6.03. The second-order valence-corrected chi connectivity index (χ2v) is 10.3. The lowest BCUT2D eigenvalue weighted by Crippen LogP contribution is -2.64. The summed E-state index contributed by atoms with van der Waals surface area (Å²) in [4.78, 5) is 43.0. The molecule has 2 aromatic carbocycles. The van der Waals surface area contributed by atoms with Gasteiger partial charge in [-0.25, -0.2) is 4.79 Å². The van der Waals surface area contributed by atoms with Gasteiger partial charge in [-0.15, -0.1) is 0 Å². The Morgan fingerprint density at radius 3 is 2.34 bits per heavy atom. The largest absolute Gasteiger partial charge is 0.379 e. The molecule has 4 atom stereocenters. The summed E-state index contributed by atoms with van der Waals surface area (Å²) in [5.74, 6) is -0.770. The molecule has 2 aromatic rings. The summed E-state index contributed by atoms with van der Waals surface area (Å²) < 4.78 is 11.3. The highest BCUT2D eigenvalue weighted by atomic mass is 35.5. The average Bonchev–Trinajstić information content (AvgIpc) is 2.94. The Hall–Kier alpha value is -2.94. The minimum absolute atomic E-state index is 0.114. The van der Waals surface area contributed by atoms with Crippen LogP contribution in [-0.2, 0) is 27.4 Å². The number of methoxy groups -OCH3 is 2. The molecular weight excluding hydrogens is 506 g/mol. The van der Waals surface area contributed by atoms with Crippen LogP contribution in [0.3, 0.4) is 0 Å². The van der Waals surface area contributed by atoms with Gasteiger partial charge < -0.3 is 19.7 Å². The second-order valence-electron chi connectivity index (χ2n) is 9.93. The number of urea groups is 1. The van der Waals surface area contributed by atoms with E-state index >= 15 is 0 Å². The van der Waals surface area contributed by atoms with Crippen LogP contribution >= 0.6 is 11.6 Å². The highest BCUT2D eigenvalue weighted by molar-refractivity contribution is 6.31. The predicted octanol–water partition coefficient (Wildman–Crippen LogP) is 4.64. The second kappa shape index (κ2) is 12.7. The van der Waals surface area contributed by atoms with E-state index in [9.17, 15) is 14.4 Å². The van der Waals surface area contributed by atoms with Gasteiger partial charge in [0.05, 0.1) is 24.7 Å². The highest BCUT2D eigenvalue weighted by Gasteiger charge is 2.51. The molecule has 2 aliphatic rings. The van der Waals surface area contributed by atoms with Crippen molar-refractivity contribution in [1.82, 2.24) is 15.1 Å². The van der Waals surface area contributed by atoms with E-state index in [2.05, 4.69) is 12.2 Å². The van der Waals surface area contributed by atoms with Gasteiger partial charge in [-0.1, -0.05) is 55.3 Å². The van der Waals surface area contributed by atoms with E-state index in [-0.39, 0.29) is 49.2 Å². The van der Waals surface area contributed by atoms with Crippen molar-refractivity contribution in [2.45, 2.75) is 63.9 Å². The standard InChI is InChI=1S/C29H36ClN3O5/c1-4-5-14-31-27(34)20-12-10-19(11-13-20)17-33-28(35)22-15-25(37-2)26(38-3)16-24(22)32(29(33)36)18-21-8-6-7-9-23(21)30/h6-13,22,24-26H,4-5,14-18H2,1-3H3,(H,31,34). The van der Waals surface area contributed by atoms with Gasteiger partial charge >= 0.3 is 6.03 Å². The van der Waals surface area contributed by atoms with Crippen LogP contribution in [0.1, 0.15) is 54.1 Å². The summed E-state index contributed by atoms with van der Waals surface area (Å²) in [6.45, 7) is 3.10. The lowest BCUT2D eigenvalue weighted by Gasteiger charge is -2.50. The number of unbranched alkanes of at least 4 members (excludes halogenated alkanes) is 1. The Morgan fingerprint density at radius 1 is 1.00 bits per heavy atom. The van der Waals surface area contributed by atoms with Gasteiger partial charge in [-0.2, -0.15) is 0 Å². The van der Waals surface area contributed by atoms with Crippen LogP contribution in [0, 0.1) is 5.92 Å². The molecule has 4 amide bonds. The van der Waals surface area contributed by atoms with Crippen LogP contribution in [-0.4, -0.2) is 66.7 Å². The summed E-state index contributed by atoms with van der Waals surface area (Å²) in [6.07, 6.45) is 2.41. The normalized spacial score (nSPS) is 23.4. The van der Waals surface area contributed by atoms with Crippen molar-refractivity contribution >= 4 is 29.4 Å². The zero-order valence-corrected chi connectivity index (χ0v) is 22.9. The first-order valence-electron chi connectivity index (χ1n) is 13.2. The van der Waals surface area contributed by atoms with E-state index in [0.29, 0.717) is 30.0 Å². The van der Waals surface area contributed by atoms with Gasteiger partial charge in [-0.3, -0.25) is 14.5 Å². The van der Waals surface area contributed by atoms with Crippen LogP contribution < -0.4 is 5.32 Å². The van der Waals surface area contributed by atoms with E-state index in [1.807, 2.05) is 18.2 Å². The fourth-order valence-corrected chi connectivity index (χ4v) is 5.57. The van der Waals surface area contributed by atoms with Crippen LogP contribution in [0.4, 0.5) is 4.79 Å². The summed E-state index contributed by atoms with van der Waals surface area (Å²) >= 11 is 6.45. The molecule has 9 heteroatoms. The Morgan fingerprint density at radius 2 is 1.68 bits per heavy atom. The maximum atomic E-state index is 13.8. The van der Waals surface area contributed by atoms with Crippen molar-refractivity contribution in [2.24, 2.45) is 5.92 Å². The molecule has 204 valence electrons. The molecule has 8 nitrogen and oxygen atoms in total. The van der Waals surface area contributed by atoms with Gasteiger partial charge in [0.15, 0.2) is 0 Å². The van der Waals surface area contributed by atoms with E-state index in [0.717, 1.165) is 24.0 Å². The number of rotatable bonds is 10. The molecule has 4 rings (SSSR count). The Bertz CT molecular complexity index is 1140. The lowest BCUT2D eigenvalue weighted by molar-refractivity contribution is -0.152. The predicted molar refractivity (Wildman–Crippen MR) is 145 cm³/mol. The third-order valence-electron chi connectivity index (χ3n) is 7.58. The van der Waals surface area contributed by atoms with Crippen molar-refractivity contribution < 1.29 is 23.9 Å². The fourth-order valence-electron chi connectivity index (χ4n) is 5.38. The molecule has 1 saturated heterocycles. The number of nitrogens with one attached hydrogen (secondary N) is 1. The maximum Gasteiger partial charge on any atom is 0.327 e.